The van der Waals surface area contributed by atoms with E-state index in [9.17, 15) is 9.18 Å². The number of hydrogen-bond donors (Lipinski definition) is 1. The number of pyridine rings is 2. The summed E-state index contributed by atoms with van der Waals surface area (Å²) in [5.74, 6) is -0.791. The fraction of sp³-hybridized carbons (Fsp3) is 0.167. The van der Waals surface area contributed by atoms with Crippen LogP contribution >= 0.6 is 0 Å². The van der Waals surface area contributed by atoms with Crippen LogP contribution in [0.2, 0.25) is 0 Å². The molecule has 1 amide bonds. The molecular weight excluding hydrogens is 293 g/mol. The fourth-order valence-electron chi connectivity index (χ4n) is 1.99. The summed E-state index contributed by atoms with van der Waals surface area (Å²) in [6.45, 7) is 5.80. The van der Waals surface area contributed by atoms with Gasteiger partial charge in [-0.05, 0) is 48.9 Å². The summed E-state index contributed by atoms with van der Waals surface area (Å²) in [5, 5.41) is 3.52. The highest BCUT2D eigenvalue weighted by molar-refractivity contribution is 6.04. The first-order chi connectivity index (χ1) is 11.1. The molecule has 0 fully saturated rings. The Morgan fingerprint density at radius 3 is 2.74 bits per heavy atom. The van der Waals surface area contributed by atoms with E-state index in [1.807, 2.05) is 19.9 Å². The van der Waals surface area contributed by atoms with Crippen LogP contribution in [-0.2, 0) is 0 Å². The van der Waals surface area contributed by atoms with Crippen molar-refractivity contribution in [2.75, 3.05) is 5.32 Å². The van der Waals surface area contributed by atoms with Crippen molar-refractivity contribution >= 4 is 22.6 Å². The molecule has 3 rings (SSSR count). The smallest absolute Gasteiger partial charge is 0.274 e. The molecule has 0 saturated heterocycles. The number of rotatable bonds is 2. The number of carbonyl (C=O) groups is 1. The third-order valence-corrected chi connectivity index (χ3v) is 3.14. The lowest BCUT2D eigenvalue weighted by Crippen LogP contribution is -2.14. The molecule has 1 N–H and O–H groups in total. The second-order valence-electron chi connectivity index (χ2n) is 4.66. The molecule has 2 heterocycles. The second kappa shape index (κ2) is 7.45. The highest BCUT2D eigenvalue weighted by atomic mass is 19.1. The number of benzene rings is 1. The number of amides is 1. The summed E-state index contributed by atoms with van der Waals surface area (Å²) in [6, 6.07) is 11.3. The van der Waals surface area contributed by atoms with Gasteiger partial charge in [-0.3, -0.25) is 4.79 Å². The number of aromatic nitrogens is 2. The van der Waals surface area contributed by atoms with E-state index in [4.69, 9.17) is 0 Å². The minimum Gasteiger partial charge on any atom is -0.320 e. The van der Waals surface area contributed by atoms with Crippen molar-refractivity contribution in [2.45, 2.75) is 20.8 Å². The van der Waals surface area contributed by atoms with Gasteiger partial charge in [0.15, 0.2) is 5.65 Å². The number of hydrogen-bond acceptors (Lipinski definition) is 3. The highest BCUT2D eigenvalue weighted by Crippen LogP contribution is 2.17. The van der Waals surface area contributed by atoms with E-state index in [1.165, 1.54) is 12.1 Å². The molecule has 0 aliphatic heterocycles. The molecule has 0 unspecified atom stereocenters. The van der Waals surface area contributed by atoms with Crippen molar-refractivity contribution < 1.29 is 10.6 Å². The van der Waals surface area contributed by atoms with Gasteiger partial charge in [0.05, 0.1) is 0 Å². The summed E-state index contributed by atoms with van der Waals surface area (Å²) in [6.07, 6.45) is 1.62. The van der Waals surface area contributed by atoms with Crippen molar-refractivity contribution in [3.05, 3.63) is 65.7 Å². The molecule has 4 nitrogen and oxygen atoms in total. The van der Waals surface area contributed by atoms with Gasteiger partial charge in [0.25, 0.3) is 5.91 Å². The summed E-state index contributed by atoms with van der Waals surface area (Å²) >= 11 is 0. The zero-order chi connectivity index (χ0) is 16.8. The molecule has 3 aromatic rings. The molecule has 0 aliphatic carbocycles. The van der Waals surface area contributed by atoms with Crippen LogP contribution in [0, 0.1) is 12.7 Å². The van der Waals surface area contributed by atoms with Crippen LogP contribution in [0.4, 0.5) is 10.1 Å². The van der Waals surface area contributed by atoms with Gasteiger partial charge in [-0.25, -0.2) is 14.4 Å². The molecule has 0 bridgehead atoms. The predicted octanol–water partition coefficient (Wildman–Crippen LogP) is 4.60. The van der Waals surface area contributed by atoms with Crippen molar-refractivity contribution in [3.63, 3.8) is 0 Å². The van der Waals surface area contributed by atoms with Crippen LogP contribution < -0.4 is 5.32 Å². The average molecular weight is 313 g/mol. The van der Waals surface area contributed by atoms with Crippen LogP contribution in [-0.4, -0.2) is 15.9 Å². The third kappa shape index (κ3) is 3.88. The maximum absolute atomic E-state index is 13.2. The van der Waals surface area contributed by atoms with E-state index >= 15 is 0 Å². The monoisotopic (exact) mass is 313 g/mol. The number of nitrogens with zero attached hydrogens (tertiary/aromatic N) is 2. The van der Waals surface area contributed by atoms with Crippen molar-refractivity contribution in [1.29, 1.82) is 0 Å². The first-order valence-corrected chi connectivity index (χ1v) is 7.43. The van der Waals surface area contributed by atoms with Crippen molar-refractivity contribution in [3.8, 4) is 0 Å². The van der Waals surface area contributed by atoms with Gasteiger partial charge in [0.2, 0.25) is 0 Å². The molecule has 120 valence electrons. The number of halogens is 1. The highest BCUT2D eigenvalue weighted by Gasteiger charge is 2.11. The quantitative estimate of drug-likeness (QED) is 0.752. The number of aryl methyl sites for hydroxylation is 1. The van der Waals surface area contributed by atoms with Crippen LogP contribution in [0.3, 0.4) is 0 Å². The maximum Gasteiger partial charge on any atom is 0.274 e. The average Bonchev–Trinajstić information content (AvgIpc) is 2.59. The SMILES string of the molecule is CC.Cc1ccc(F)cc1NC(=O)c1ccc2cccnc2n1.[HH]. The Labute approximate surface area is 135 Å². The predicted molar refractivity (Wildman–Crippen MR) is 92.1 cm³/mol. The Kier molecular flexibility index (Phi) is 5.36. The third-order valence-electron chi connectivity index (χ3n) is 3.14. The molecule has 1 aromatic carbocycles. The van der Waals surface area contributed by atoms with Gasteiger partial charge in [-0.2, -0.15) is 0 Å². The van der Waals surface area contributed by atoms with Crippen LogP contribution in [0.15, 0.2) is 48.7 Å². The second-order valence-corrected chi connectivity index (χ2v) is 4.66. The Morgan fingerprint density at radius 2 is 1.96 bits per heavy atom. The van der Waals surface area contributed by atoms with Crippen LogP contribution in [0.5, 0.6) is 0 Å². The van der Waals surface area contributed by atoms with Crippen molar-refractivity contribution in [2.24, 2.45) is 0 Å². The van der Waals surface area contributed by atoms with E-state index in [0.29, 0.717) is 11.3 Å². The summed E-state index contributed by atoms with van der Waals surface area (Å²) in [5.41, 5.74) is 1.96. The molecule has 2 aromatic heterocycles. The van der Waals surface area contributed by atoms with E-state index < -0.39 is 11.7 Å². The number of anilines is 1. The first-order valence-electron chi connectivity index (χ1n) is 7.43. The Hall–Kier alpha value is -2.82. The molecule has 0 atom stereocenters. The first kappa shape index (κ1) is 16.5. The summed E-state index contributed by atoms with van der Waals surface area (Å²) in [4.78, 5) is 20.5. The summed E-state index contributed by atoms with van der Waals surface area (Å²) in [7, 11) is 0. The van der Waals surface area contributed by atoms with E-state index in [1.54, 1.807) is 37.4 Å². The topological polar surface area (TPSA) is 54.9 Å². The maximum atomic E-state index is 13.2. The van der Waals surface area contributed by atoms with Gasteiger partial charge < -0.3 is 5.32 Å². The minimum absolute atomic E-state index is 0. The molecule has 0 saturated carbocycles. The standard InChI is InChI=1S/C16H12FN3O.C2H6.H2/c1-10-4-6-12(17)9-14(10)20-16(21)13-7-5-11-3-2-8-18-15(11)19-13;1-2;/h2-9H,1H3,(H,20,21);1-2H3;1H. The molecule has 0 radical (unpaired) electrons. The Bertz CT molecular complexity index is 839. The van der Waals surface area contributed by atoms with Crippen molar-refractivity contribution in [1.82, 2.24) is 9.97 Å². The molecule has 5 heteroatoms. The molecule has 0 aliphatic rings. The van der Waals surface area contributed by atoms with E-state index in [-0.39, 0.29) is 7.12 Å². The van der Waals surface area contributed by atoms with E-state index in [2.05, 4.69) is 15.3 Å². The molecule has 0 spiro atoms. The number of fused-ring (bicyclic) bond motifs is 1. The Morgan fingerprint density at radius 1 is 1.17 bits per heavy atom. The number of nitrogens with one attached hydrogen (secondary N) is 1. The fourth-order valence-corrected chi connectivity index (χ4v) is 1.99. The minimum atomic E-state index is -0.399. The lowest BCUT2D eigenvalue weighted by Gasteiger charge is -2.08. The molecule has 23 heavy (non-hydrogen) atoms. The van der Waals surface area contributed by atoms with Gasteiger partial charge in [0, 0.05) is 18.7 Å². The van der Waals surface area contributed by atoms with Gasteiger partial charge in [-0.15, -0.1) is 0 Å². The Balaban J connectivity index is 0.000000925. The molecular formula is C18H20FN3O. The van der Waals surface area contributed by atoms with E-state index in [0.717, 1.165) is 10.9 Å². The van der Waals surface area contributed by atoms with Gasteiger partial charge in [0.1, 0.15) is 11.5 Å². The zero-order valence-corrected chi connectivity index (χ0v) is 13.3. The normalized spacial score (nSPS) is 9.91. The van der Waals surface area contributed by atoms with Gasteiger partial charge in [-0.1, -0.05) is 19.9 Å². The lowest BCUT2D eigenvalue weighted by atomic mass is 10.2. The lowest BCUT2D eigenvalue weighted by molar-refractivity contribution is 0.102. The van der Waals surface area contributed by atoms with Crippen LogP contribution in [0.1, 0.15) is 31.3 Å². The zero-order valence-electron chi connectivity index (χ0n) is 13.3. The number of carbonyl (C=O) groups excluding carboxylic acids is 1. The summed E-state index contributed by atoms with van der Waals surface area (Å²) < 4.78 is 13.2. The van der Waals surface area contributed by atoms with Crippen LogP contribution in [0.25, 0.3) is 11.0 Å². The largest absolute Gasteiger partial charge is 0.320 e. The van der Waals surface area contributed by atoms with Gasteiger partial charge >= 0.3 is 0 Å².